The Morgan fingerprint density at radius 2 is 2.39 bits per heavy atom. The topological polar surface area (TPSA) is 88.2 Å². The SMILES string of the molecule is CCCc1nsc(NCc2ccc(C(=O)O)o2)n1. The van der Waals surface area contributed by atoms with Crippen LogP contribution >= 0.6 is 11.5 Å². The van der Waals surface area contributed by atoms with Crippen molar-refractivity contribution in [2.45, 2.75) is 26.3 Å². The van der Waals surface area contributed by atoms with Crippen LogP contribution in [-0.4, -0.2) is 20.4 Å². The predicted molar refractivity (Wildman–Crippen MR) is 66.9 cm³/mol. The van der Waals surface area contributed by atoms with Crippen LogP contribution in [0, 0.1) is 0 Å². The van der Waals surface area contributed by atoms with Crippen LogP contribution in [0.4, 0.5) is 5.13 Å². The Morgan fingerprint density at radius 3 is 3.06 bits per heavy atom. The maximum absolute atomic E-state index is 10.6. The Balaban J connectivity index is 1.91. The first kappa shape index (κ1) is 12.6. The molecule has 0 saturated heterocycles. The number of nitrogens with zero attached hydrogens (tertiary/aromatic N) is 2. The molecule has 0 amide bonds. The molecule has 0 bridgehead atoms. The molecule has 2 rings (SSSR count). The molecule has 2 aromatic rings. The fourth-order valence-electron chi connectivity index (χ4n) is 1.40. The summed E-state index contributed by atoms with van der Waals surface area (Å²) in [6.07, 6.45) is 1.87. The molecule has 0 aliphatic heterocycles. The van der Waals surface area contributed by atoms with E-state index in [2.05, 4.69) is 21.6 Å². The number of nitrogens with one attached hydrogen (secondary N) is 1. The van der Waals surface area contributed by atoms with E-state index < -0.39 is 5.97 Å². The molecule has 7 heteroatoms. The Bertz CT molecular complexity index is 535. The van der Waals surface area contributed by atoms with Gasteiger partial charge in [0.05, 0.1) is 6.54 Å². The molecule has 0 aliphatic carbocycles. The van der Waals surface area contributed by atoms with E-state index in [1.165, 1.54) is 17.6 Å². The summed E-state index contributed by atoms with van der Waals surface area (Å²) >= 11 is 1.29. The van der Waals surface area contributed by atoms with Crippen LogP contribution in [0.25, 0.3) is 0 Å². The van der Waals surface area contributed by atoms with Crippen molar-refractivity contribution in [2.24, 2.45) is 0 Å². The Labute approximate surface area is 108 Å². The summed E-state index contributed by atoms with van der Waals surface area (Å²) in [6, 6.07) is 3.06. The van der Waals surface area contributed by atoms with Crippen molar-refractivity contribution < 1.29 is 14.3 Å². The number of hydrogen-bond acceptors (Lipinski definition) is 6. The highest BCUT2D eigenvalue weighted by atomic mass is 32.1. The number of aryl methyl sites for hydroxylation is 1. The van der Waals surface area contributed by atoms with Crippen molar-refractivity contribution >= 4 is 22.6 Å². The lowest BCUT2D eigenvalue weighted by molar-refractivity contribution is 0.0660. The Hall–Kier alpha value is -1.89. The molecule has 18 heavy (non-hydrogen) atoms. The minimum Gasteiger partial charge on any atom is -0.475 e. The zero-order valence-corrected chi connectivity index (χ0v) is 10.7. The number of carboxylic acid groups (broad SMARTS) is 1. The highest BCUT2D eigenvalue weighted by molar-refractivity contribution is 7.09. The molecule has 96 valence electrons. The summed E-state index contributed by atoms with van der Waals surface area (Å²) in [6.45, 7) is 2.47. The summed E-state index contributed by atoms with van der Waals surface area (Å²) < 4.78 is 9.31. The van der Waals surface area contributed by atoms with Gasteiger partial charge in [0.25, 0.3) is 0 Å². The van der Waals surface area contributed by atoms with Crippen LogP contribution in [0.15, 0.2) is 16.5 Å². The molecule has 0 unspecified atom stereocenters. The van der Waals surface area contributed by atoms with Crippen LogP contribution in [0.3, 0.4) is 0 Å². The molecular weight excluding hydrogens is 254 g/mol. The van der Waals surface area contributed by atoms with Gasteiger partial charge in [0.2, 0.25) is 10.9 Å². The molecule has 0 atom stereocenters. The van der Waals surface area contributed by atoms with Crippen molar-refractivity contribution in [3.63, 3.8) is 0 Å². The zero-order valence-electron chi connectivity index (χ0n) is 9.84. The van der Waals surface area contributed by atoms with E-state index in [-0.39, 0.29) is 5.76 Å². The number of hydrogen-bond donors (Lipinski definition) is 2. The summed E-state index contributed by atoms with van der Waals surface area (Å²) in [5.41, 5.74) is 0. The fourth-order valence-corrected chi connectivity index (χ4v) is 2.01. The van der Waals surface area contributed by atoms with E-state index in [1.54, 1.807) is 6.07 Å². The van der Waals surface area contributed by atoms with Crippen LogP contribution in [-0.2, 0) is 13.0 Å². The summed E-state index contributed by atoms with van der Waals surface area (Å²) in [5, 5.41) is 12.5. The number of rotatable bonds is 6. The third kappa shape index (κ3) is 3.07. The van der Waals surface area contributed by atoms with Gasteiger partial charge in [-0.2, -0.15) is 4.37 Å². The second kappa shape index (κ2) is 5.63. The maximum atomic E-state index is 10.6. The molecule has 0 radical (unpaired) electrons. The first-order chi connectivity index (χ1) is 8.69. The molecule has 2 N–H and O–H groups in total. The summed E-state index contributed by atoms with van der Waals surface area (Å²) in [5.74, 6) is 0.258. The van der Waals surface area contributed by atoms with Crippen molar-refractivity contribution in [1.82, 2.24) is 9.36 Å². The van der Waals surface area contributed by atoms with Crippen molar-refractivity contribution in [2.75, 3.05) is 5.32 Å². The largest absolute Gasteiger partial charge is 0.475 e. The average molecular weight is 267 g/mol. The minimum absolute atomic E-state index is 0.0595. The lowest BCUT2D eigenvalue weighted by atomic mass is 10.3. The number of aromatic nitrogens is 2. The van der Waals surface area contributed by atoms with Crippen LogP contribution < -0.4 is 5.32 Å². The highest BCUT2D eigenvalue weighted by Crippen LogP contribution is 2.15. The van der Waals surface area contributed by atoms with Crippen molar-refractivity contribution in [3.8, 4) is 0 Å². The molecule has 0 aliphatic rings. The maximum Gasteiger partial charge on any atom is 0.371 e. The Kier molecular flexibility index (Phi) is 3.93. The Morgan fingerprint density at radius 1 is 1.56 bits per heavy atom. The van der Waals surface area contributed by atoms with Gasteiger partial charge < -0.3 is 14.8 Å². The zero-order chi connectivity index (χ0) is 13.0. The highest BCUT2D eigenvalue weighted by Gasteiger charge is 2.09. The van der Waals surface area contributed by atoms with Gasteiger partial charge in [0, 0.05) is 18.0 Å². The van der Waals surface area contributed by atoms with Gasteiger partial charge in [-0.3, -0.25) is 0 Å². The van der Waals surface area contributed by atoms with Crippen LogP contribution in [0.2, 0.25) is 0 Å². The van der Waals surface area contributed by atoms with Crippen LogP contribution in [0.1, 0.15) is 35.5 Å². The summed E-state index contributed by atoms with van der Waals surface area (Å²) in [7, 11) is 0. The first-order valence-corrected chi connectivity index (χ1v) is 6.35. The smallest absolute Gasteiger partial charge is 0.371 e. The van der Waals surface area contributed by atoms with E-state index in [0.29, 0.717) is 17.4 Å². The standard InChI is InChI=1S/C11H13N3O3S/c1-2-3-9-13-11(18-14-9)12-6-7-4-5-8(17-7)10(15)16/h4-5H,2-3,6H2,1H3,(H,15,16)(H,12,13,14). The van der Waals surface area contributed by atoms with Gasteiger partial charge in [-0.25, -0.2) is 9.78 Å². The van der Waals surface area contributed by atoms with Gasteiger partial charge >= 0.3 is 5.97 Å². The number of carbonyl (C=O) groups is 1. The third-order valence-corrected chi connectivity index (χ3v) is 2.94. The monoisotopic (exact) mass is 267 g/mol. The first-order valence-electron chi connectivity index (χ1n) is 5.57. The molecule has 0 aromatic carbocycles. The van der Waals surface area contributed by atoms with E-state index in [0.717, 1.165) is 18.7 Å². The number of aromatic carboxylic acids is 1. The van der Waals surface area contributed by atoms with Crippen molar-refractivity contribution in [3.05, 3.63) is 29.5 Å². The van der Waals surface area contributed by atoms with E-state index in [4.69, 9.17) is 9.52 Å². The second-order valence-corrected chi connectivity index (χ2v) is 4.44. The van der Waals surface area contributed by atoms with Crippen molar-refractivity contribution in [1.29, 1.82) is 0 Å². The van der Waals surface area contributed by atoms with E-state index in [9.17, 15) is 4.79 Å². The molecule has 2 aromatic heterocycles. The normalized spacial score (nSPS) is 10.5. The fraction of sp³-hybridized carbons (Fsp3) is 0.364. The lowest BCUT2D eigenvalue weighted by Crippen LogP contribution is -1.98. The van der Waals surface area contributed by atoms with Gasteiger partial charge in [0.1, 0.15) is 11.6 Å². The van der Waals surface area contributed by atoms with Gasteiger partial charge in [-0.05, 0) is 18.6 Å². The lowest BCUT2D eigenvalue weighted by Gasteiger charge is -1.97. The molecule has 6 nitrogen and oxygen atoms in total. The predicted octanol–water partition coefficient (Wildman–Crippen LogP) is 2.39. The quantitative estimate of drug-likeness (QED) is 0.835. The number of furan rings is 1. The molecule has 0 saturated carbocycles. The van der Waals surface area contributed by atoms with E-state index in [1.807, 2.05) is 0 Å². The number of anilines is 1. The summed E-state index contributed by atoms with van der Waals surface area (Å²) in [4.78, 5) is 14.9. The minimum atomic E-state index is -1.07. The second-order valence-electron chi connectivity index (χ2n) is 3.69. The molecule has 0 fully saturated rings. The van der Waals surface area contributed by atoms with Crippen LogP contribution in [0.5, 0.6) is 0 Å². The third-order valence-electron chi connectivity index (χ3n) is 2.23. The average Bonchev–Trinajstić information content (AvgIpc) is 2.95. The molecule has 2 heterocycles. The van der Waals surface area contributed by atoms with Gasteiger partial charge in [-0.15, -0.1) is 0 Å². The molecular formula is C11H13N3O3S. The van der Waals surface area contributed by atoms with Gasteiger partial charge in [0.15, 0.2) is 0 Å². The van der Waals surface area contributed by atoms with E-state index >= 15 is 0 Å². The number of carboxylic acids is 1. The van der Waals surface area contributed by atoms with Gasteiger partial charge in [-0.1, -0.05) is 6.92 Å². The molecule has 0 spiro atoms.